The van der Waals surface area contributed by atoms with Gasteiger partial charge in [-0.15, -0.1) is 0 Å². The van der Waals surface area contributed by atoms with E-state index in [1.165, 1.54) is 28.4 Å². The summed E-state index contributed by atoms with van der Waals surface area (Å²) in [7, 11) is 6.02. The molecule has 0 aliphatic carbocycles. The van der Waals surface area contributed by atoms with Crippen LogP contribution in [0.25, 0.3) is 0 Å². The number of nitrogens with zero attached hydrogens (tertiary/aromatic N) is 1. The van der Waals surface area contributed by atoms with E-state index < -0.39 is 0 Å². The van der Waals surface area contributed by atoms with E-state index in [-0.39, 0.29) is 11.8 Å². The van der Waals surface area contributed by atoms with Crippen LogP contribution < -0.4 is 29.2 Å². The van der Waals surface area contributed by atoms with Gasteiger partial charge in [-0.25, -0.2) is 0 Å². The highest BCUT2D eigenvalue weighted by Gasteiger charge is 2.23. The van der Waals surface area contributed by atoms with Gasteiger partial charge in [0.25, 0.3) is 5.91 Å². The van der Waals surface area contributed by atoms with Crippen molar-refractivity contribution in [2.75, 3.05) is 45.2 Å². The van der Waals surface area contributed by atoms with Crippen molar-refractivity contribution in [1.82, 2.24) is 0 Å². The molecule has 30 heavy (non-hydrogen) atoms. The number of carbonyl (C=O) groups excluding carboxylic acids is 2. The van der Waals surface area contributed by atoms with Gasteiger partial charge >= 0.3 is 0 Å². The monoisotopic (exact) mass is 414 g/mol. The number of piperidine rings is 1. The average molecular weight is 414 g/mol. The Morgan fingerprint density at radius 1 is 0.900 bits per heavy atom. The lowest BCUT2D eigenvalue weighted by atomic mass is 10.1. The van der Waals surface area contributed by atoms with Crippen molar-refractivity contribution in [1.29, 1.82) is 0 Å². The lowest BCUT2D eigenvalue weighted by molar-refractivity contribution is -0.119. The first-order chi connectivity index (χ1) is 14.5. The van der Waals surface area contributed by atoms with E-state index in [2.05, 4.69) is 5.32 Å². The molecule has 1 heterocycles. The van der Waals surface area contributed by atoms with E-state index in [1.807, 2.05) is 0 Å². The van der Waals surface area contributed by atoms with E-state index in [0.29, 0.717) is 52.9 Å². The molecule has 1 aliphatic heterocycles. The minimum Gasteiger partial charge on any atom is -0.494 e. The second-order valence-electron chi connectivity index (χ2n) is 6.76. The Bertz CT molecular complexity index is 918. The van der Waals surface area contributed by atoms with Gasteiger partial charge in [0.05, 0.1) is 34.1 Å². The molecule has 0 atom stereocenters. The molecule has 2 amide bonds. The summed E-state index contributed by atoms with van der Waals surface area (Å²) in [4.78, 5) is 26.8. The molecule has 2 aromatic rings. The maximum Gasteiger partial charge on any atom is 0.255 e. The Morgan fingerprint density at radius 3 is 2.13 bits per heavy atom. The third-order valence-electron chi connectivity index (χ3n) is 4.98. The molecular formula is C22H26N2O6. The van der Waals surface area contributed by atoms with Crippen molar-refractivity contribution in [3.8, 4) is 23.0 Å². The molecule has 0 saturated carbocycles. The average Bonchev–Trinajstić information content (AvgIpc) is 2.78. The molecule has 1 fully saturated rings. The molecule has 0 unspecified atom stereocenters. The zero-order valence-corrected chi connectivity index (χ0v) is 17.6. The van der Waals surface area contributed by atoms with Crippen LogP contribution in [0, 0.1) is 0 Å². The van der Waals surface area contributed by atoms with Crippen molar-refractivity contribution < 1.29 is 28.5 Å². The topological polar surface area (TPSA) is 86.3 Å². The fraction of sp³-hybridized carbons (Fsp3) is 0.364. The molecule has 8 heteroatoms. The van der Waals surface area contributed by atoms with Gasteiger partial charge in [-0.05, 0) is 37.1 Å². The summed E-state index contributed by atoms with van der Waals surface area (Å²) in [6, 6.07) is 8.39. The molecule has 1 saturated heterocycles. The number of rotatable bonds is 7. The van der Waals surface area contributed by atoms with Crippen LogP contribution in [0.1, 0.15) is 29.6 Å². The first-order valence-electron chi connectivity index (χ1n) is 9.62. The Morgan fingerprint density at radius 2 is 1.57 bits per heavy atom. The standard InChI is InChI=1S/C22H26N2O6/c1-27-17-13-15(8-9-16(17)24-10-6-5-7-20(24)25)23-22(26)14-11-18(28-2)21(30-4)19(12-14)29-3/h8-9,11-13H,5-7,10H2,1-4H3,(H,23,26). The smallest absolute Gasteiger partial charge is 0.255 e. The third kappa shape index (κ3) is 4.27. The summed E-state index contributed by atoms with van der Waals surface area (Å²) >= 11 is 0. The van der Waals surface area contributed by atoms with Gasteiger partial charge in [-0.3, -0.25) is 9.59 Å². The second kappa shape index (κ2) is 9.39. The number of carbonyl (C=O) groups is 2. The zero-order valence-electron chi connectivity index (χ0n) is 17.6. The van der Waals surface area contributed by atoms with Crippen molar-refractivity contribution >= 4 is 23.2 Å². The first kappa shape index (κ1) is 21.3. The molecule has 3 rings (SSSR count). The summed E-state index contributed by atoms with van der Waals surface area (Å²) in [5, 5.41) is 2.84. The van der Waals surface area contributed by atoms with E-state index in [4.69, 9.17) is 18.9 Å². The predicted octanol–water partition coefficient (Wildman–Crippen LogP) is 3.49. The summed E-state index contributed by atoms with van der Waals surface area (Å²) in [6.07, 6.45) is 2.39. The predicted molar refractivity (Wildman–Crippen MR) is 113 cm³/mol. The highest BCUT2D eigenvalue weighted by Crippen LogP contribution is 2.38. The molecule has 1 aliphatic rings. The molecular weight excluding hydrogens is 388 g/mol. The van der Waals surface area contributed by atoms with Gasteiger partial charge in [-0.1, -0.05) is 0 Å². The van der Waals surface area contributed by atoms with Gasteiger partial charge in [0.2, 0.25) is 11.7 Å². The van der Waals surface area contributed by atoms with Gasteiger partial charge in [0, 0.05) is 30.3 Å². The summed E-state index contributed by atoms with van der Waals surface area (Å²) < 4.78 is 21.4. The first-order valence-corrected chi connectivity index (χ1v) is 9.62. The number of hydrogen-bond donors (Lipinski definition) is 1. The third-order valence-corrected chi connectivity index (χ3v) is 4.98. The van der Waals surface area contributed by atoms with Crippen molar-refractivity contribution in [3.63, 3.8) is 0 Å². The number of anilines is 2. The van der Waals surface area contributed by atoms with Crippen LogP contribution >= 0.6 is 0 Å². The number of amides is 2. The van der Waals surface area contributed by atoms with Gasteiger partial charge < -0.3 is 29.2 Å². The van der Waals surface area contributed by atoms with Crippen LogP contribution in [-0.2, 0) is 4.79 Å². The SMILES string of the molecule is COc1cc(NC(=O)c2cc(OC)c(OC)c(OC)c2)ccc1N1CCCCC1=O. The fourth-order valence-electron chi connectivity index (χ4n) is 3.45. The Balaban J connectivity index is 1.86. The van der Waals surface area contributed by atoms with Crippen LogP contribution in [0.3, 0.4) is 0 Å². The maximum atomic E-state index is 12.8. The van der Waals surface area contributed by atoms with Crippen LogP contribution in [0.15, 0.2) is 30.3 Å². The summed E-state index contributed by atoms with van der Waals surface area (Å²) in [6.45, 7) is 0.659. The lowest BCUT2D eigenvalue weighted by Crippen LogP contribution is -2.35. The zero-order chi connectivity index (χ0) is 21.7. The number of benzene rings is 2. The van der Waals surface area contributed by atoms with Crippen LogP contribution in [0.5, 0.6) is 23.0 Å². The normalized spacial score (nSPS) is 13.6. The largest absolute Gasteiger partial charge is 0.494 e. The molecule has 0 aromatic heterocycles. The lowest BCUT2D eigenvalue weighted by Gasteiger charge is -2.28. The van der Waals surface area contributed by atoms with Gasteiger partial charge in [0.15, 0.2) is 11.5 Å². The maximum absolute atomic E-state index is 12.8. The quantitative estimate of drug-likeness (QED) is 0.746. The van der Waals surface area contributed by atoms with Crippen LogP contribution in [0.4, 0.5) is 11.4 Å². The molecule has 1 N–H and O–H groups in total. The van der Waals surface area contributed by atoms with E-state index in [1.54, 1.807) is 35.2 Å². The second-order valence-corrected chi connectivity index (χ2v) is 6.76. The van der Waals surface area contributed by atoms with Crippen LogP contribution in [-0.4, -0.2) is 46.8 Å². The Hall–Kier alpha value is -3.42. The van der Waals surface area contributed by atoms with E-state index in [0.717, 1.165) is 12.8 Å². The minimum atomic E-state index is -0.349. The molecule has 8 nitrogen and oxygen atoms in total. The number of hydrogen-bond acceptors (Lipinski definition) is 6. The Labute approximate surface area is 175 Å². The summed E-state index contributed by atoms with van der Waals surface area (Å²) in [5.41, 5.74) is 1.59. The van der Waals surface area contributed by atoms with E-state index in [9.17, 15) is 9.59 Å². The molecule has 160 valence electrons. The molecule has 0 bridgehead atoms. The number of nitrogens with one attached hydrogen (secondary N) is 1. The van der Waals surface area contributed by atoms with Crippen molar-refractivity contribution in [2.45, 2.75) is 19.3 Å². The molecule has 2 aromatic carbocycles. The van der Waals surface area contributed by atoms with Crippen LogP contribution in [0.2, 0.25) is 0 Å². The fourth-order valence-corrected chi connectivity index (χ4v) is 3.45. The minimum absolute atomic E-state index is 0.0776. The van der Waals surface area contributed by atoms with Gasteiger partial charge in [0.1, 0.15) is 5.75 Å². The van der Waals surface area contributed by atoms with Crippen molar-refractivity contribution in [3.05, 3.63) is 35.9 Å². The number of methoxy groups -OCH3 is 4. The van der Waals surface area contributed by atoms with Gasteiger partial charge in [-0.2, -0.15) is 0 Å². The van der Waals surface area contributed by atoms with E-state index >= 15 is 0 Å². The number of ether oxygens (including phenoxy) is 4. The highest BCUT2D eigenvalue weighted by molar-refractivity contribution is 6.05. The summed E-state index contributed by atoms with van der Waals surface area (Å²) in [5.74, 6) is 1.44. The van der Waals surface area contributed by atoms with Crippen molar-refractivity contribution in [2.24, 2.45) is 0 Å². The highest BCUT2D eigenvalue weighted by atomic mass is 16.5. The molecule has 0 spiro atoms. The Kier molecular flexibility index (Phi) is 6.66. The molecule has 0 radical (unpaired) electrons.